The molecule has 1 aromatic heterocycles. The van der Waals surface area contributed by atoms with Crippen LogP contribution in [-0.2, 0) is 16.4 Å². The first-order valence-corrected chi connectivity index (χ1v) is 7.22. The number of nitrogens with two attached hydrogens (primary N) is 1. The molecule has 0 saturated carbocycles. The van der Waals surface area contributed by atoms with Crippen LogP contribution in [0.1, 0.15) is 21.9 Å². The molecule has 0 amide bonds. The van der Waals surface area contributed by atoms with Gasteiger partial charge >= 0.3 is 0 Å². The lowest BCUT2D eigenvalue weighted by Gasteiger charge is -1.95. The van der Waals surface area contributed by atoms with E-state index in [1.54, 1.807) is 5.38 Å². The molecule has 7 heteroatoms. The Labute approximate surface area is 92.2 Å². The summed E-state index contributed by atoms with van der Waals surface area (Å²) in [4.78, 5) is 15.4. The predicted octanol–water partition coefficient (Wildman–Crippen LogP) is 0.219. The maximum Gasteiger partial charge on any atom is 0.183 e. The predicted molar refractivity (Wildman–Crippen MR) is 58.7 cm³/mol. The molecule has 0 aliphatic heterocycles. The van der Waals surface area contributed by atoms with Crippen molar-refractivity contribution in [1.29, 1.82) is 0 Å². The summed E-state index contributed by atoms with van der Waals surface area (Å²) >= 11 is 1.30. The summed E-state index contributed by atoms with van der Waals surface area (Å²) < 4.78 is 21.7. The van der Waals surface area contributed by atoms with E-state index in [-0.39, 0.29) is 18.0 Å². The first-order valence-electron chi connectivity index (χ1n) is 4.28. The zero-order chi connectivity index (χ0) is 11.5. The molecule has 0 aliphatic carbocycles. The summed E-state index contributed by atoms with van der Waals surface area (Å²) in [5.74, 6) is -0.391. The molecule has 0 aliphatic rings. The molecule has 1 heterocycles. The first-order chi connectivity index (χ1) is 6.92. The Kier molecular flexibility index (Phi) is 3.95. The average Bonchev–Trinajstić information content (AvgIpc) is 2.61. The fourth-order valence-corrected chi connectivity index (χ4v) is 2.17. The van der Waals surface area contributed by atoms with Crippen molar-refractivity contribution >= 4 is 27.0 Å². The number of carbonyl (C=O) groups is 1. The summed E-state index contributed by atoms with van der Waals surface area (Å²) in [5.41, 5.74) is 5.66. The van der Waals surface area contributed by atoms with Gasteiger partial charge in [-0.2, -0.15) is 0 Å². The third kappa shape index (κ3) is 4.06. The van der Waals surface area contributed by atoms with Crippen molar-refractivity contribution in [3.8, 4) is 0 Å². The number of carbonyl (C=O) groups excluding carboxylic acids is 1. The Morgan fingerprint density at radius 2 is 2.27 bits per heavy atom. The first kappa shape index (κ1) is 12.3. The molecule has 5 nitrogen and oxygen atoms in total. The molecule has 0 unspecified atom stereocenters. The van der Waals surface area contributed by atoms with Crippen molar-refractivity contribution < 1.29 is 13.2 Å². The highest BCUT2D eigenvalue weighted by Gasteiger charge is 2.13. The highest BCUT2D eigenvalue weighted by Crippen LogP contribution is 2.11. The molecular weight excluding hydrogens is 236 g/mol. The van der Waals surface area contributed by atoms with E-state index in [0.29, 0.717) is 17.2 Å². The Hall–Kier alpha value is -0.790. The summed E-state index contributed by atoms with van der Waals surface area (Å²) in [6.07, 6.45) is 1.08. The number of thiazole rings is 1. The van der Waals surface area contributed by atoms with E-state index in [9.17, 15) is 13.2 Å². The van der Waals surface area contributed by atoms with Gasteiger partial charge in [-0.3, -0.25) is 4.79 Å². The van der Waals surface area contributed by atoms with Crippen LogP contribution in [0.15, 0.2) is 5.38 Å². The number of sulfone groups is 1. The quantitative estimate of drug-likeness (QED) is 0.753. The minimum Gasteiger partial charge on any atom is -0.325 e. The van der Waals surface area contributed by atoms with Crippen LogP contribution in [0.4, 0.5) is 0 Å². The molecule has 2 N–H and O–H groups in total. The number of hydrogen-bond donors (Lipinski definition) is 1. The zero-order valence-electron chi connectivity index (χ0n) is 8.26. The highest BCUT2D eigenvalue weighted by atomic mass is 32.2. The van der Waals surface area contributed by atoms with Crippen LogP contribution in [0.3, 0.4) is 0 Å². The van der Waals surface area contributed by atoms with Gasteiger partial charge in [-0.05, 0) is 0 Å². The maximum atomic E-state index is 11.5. The minimum atomic E-state index is -3.10. The SMILES string of the molecule is CS(=O)(=O)CCC(=O)c1csc(CN)n1. The lowest BCUT2D eigenvalue weighted by atomic mass is 10.2. The third-order valence-corrected chi connectivity index (χ3v) is 3.53. The molecule has 15 heavy (non-hydrogen) atoms. The van der Waals surface area contributed by atoms with Crippen LogP contribution in [0.5, 0.6) is 0 Å². The molecule has 0 saturated heterocycles. The van der Waals surface area contributed by atoms with Crippen LogP contribution in [-0.4, -0.2) is 31.2 Å². The number of ketones is 1. The minimum absolute atomic E-state index is 0.0213. The van der Waals surface area contributed by atoms with Crippen molar-refractivity contribution in [3.05, 3.63) is 16.1 Å². The van der Waals surface area contributed by atoms with Crippen molar-refractivity contribution in [2.24, 2.45) is 5.73 Å². The van der Waals surface area contributed by atoms with E-state index in [0.717, 1.165) is 6.26 Å². The summed E-state index contributed by atoms with van der Waals surface area (Å²) in [7, 11) is -3.10. The fourth-order valence-electron chi connectivity index (χ4n) is 0.939. The number of hydrogen-bond acceptors (Lipinski definition) is 6. The molecule has 0 atom stereocenters. The Morgan fingerprint density at radius 3 is 2.73 bits per heavy atom. The average molecular weight is 248 g/mol. The Morgan fingerprint density at radius 1 is 1.60 bits per heavy atom. The van der Waals surface area contributed by atoms with Gasteiger partial charge in [0.25, 0.3) is 0 Å². The van der Waals surface area contributed by atoms with E-state index in [2.05, 4.69) is 4.98 Å². The second kappa shape index (κ2) is 4.82. The van der Waals surface area contributed by atoms with Gasteiger partial charge in [-0.25, -0.2) is 13.4 Å². The maximum absolute atomic E-state index is 11.5. The standard InChI is InChI=1S/C8H12N2O3S2/c1-15(12,13)3-2-7(11)6-5-14-8(4-9)10-6/h5H,2-4,9H2,1H3. The van der Waals surface area contributed by atoms with Gasteiger partial charge < -0.3 is 5.73 Å². The summed E-state index contributed by atoms with van der Waals surface area (Å²) in [6, 6.07) is 0. The summed E-state index contributed by atoms with van der Waals surface area (Å²) in [5, 5.41) is 2.28. The van der Waals surface area contributed by atoms with E-state index < -0.39 is 9.84 Å². The van der Waals surface area contributed by atoms with Crippen molar-refractivity contribution in [1.82, 2.24) is 4.98 Å². The van der Waals surface area contributed by atoms with Crippen LogP contribution >= 0.6 is 11.3 Å². The lowest BCUT2D eigenvalue weighted by molar-refractivity contribution is 0.0984. The molecule has 0 aromatic carbocycles. The molecule has 1 aromatic rings. The van der Waals surface area contributed by atoms with Crippen LogP contribution in [0.25, 0.3) is 0 Å². The summed E-state index contributed by atoms with van der Waals surface area (Å²) in [6.45, 7) is 0.296. The molecule has 0 bridgehead atoms. The number of Topliss-reactive ketones (excluding diaryl/α,β-unsaturated/α-hetero) is 1. The molecule has 0 fully saturated rings. The highest BCUT2D eigenvalue weighted by molar-refractivity contribution is 7.90. The Bertz CT molecular complexity index is 450. The number of nitrogens with zero attached hydrogens (tertiary/aromatic N) is 1. The van der Waals surface area contributed by atoms with E-state index >= 15 is 0 Å². The monoisotopic (exact) mass is 248 g/mol. The van der Waals surface area contributed by atoms with Gasteiger partial charge in [0.1, 0.15) is 20.5 Å². The van der Waals surface area contributed by atoms with Crippen LogP contribution in [0.2, 0.25) is 0 Å². The van der Waals surface area contributed by atoms with Crippen LogP contribution in [0, 0.1) is 0 Å². The smallest absolute Gasteiger partial charge is 0.183 e. The van der Waals surface area contributed by atoms with Gasteiger partial charge in [0.15, 0.2) is 5.78 Å². The molecule has 0 radical (unpaired) electrons. The lowest BCUT2D eigenvalue weighted by Crippen LogP contribution is -2.10. The second-order valence-electron chi connectivity index (χ2n) is 3.13. The molecule has 1 rings (SSSR count). The topological polar surface area (TPSA) is 90.1 Å². The van der Waals surface area contributed by atoms with Crippen molar-refractivity contribution in [2.75, 3.05) is 12.0 Å². The second-order valence-corrected chi connectivity index (χ2v) is 6.34. The molecule has 84 valence electrons. The number of rotatable bonds is 5. The normalized spacial score (nSPS) is 11.6. The largest absolute Gasteiger partial charge is 0.325 e. The van der Waals surface area contributed by atoms with E-state index in [4.69, 9.17) is 5.73 Å². The van der Waals surface area contributed by atoms with Crippen molar-refractivity contribution in [3.63, 3.8) is 0 Å². The van der Waals surface area contributed by atoms with E-state index in [1.807, 2.05) is 0 Å². The molecule has 0 spiro atoms. The van der Waals surface area contributed by atoms with Crippen LogP contribution < -0.4 is 5.73 Å². The molecular formula is C8H12N2O3S2. The van der Waals surface area contributed by atoms with Gasteiger partial charge in [0, 0.05) is 24.6 Å². The zero-order valence-corrected chi connectivity index (χ0v) is 9.90. The fraction of sp³-hybridized carbons (Fsp3) is 0.500. The van der Waals surface area contributed by atoms with Gasteiger partial charge in [-0.15, -0.1) is 11.3 Å². The Balaban J connectivity index is 2.62. The van der Waals surface area contributed by atoms with Gasteiger partial charge in [0.05, 0.1) is 5.75 Å². The van der Waals surface area contributed by atoms with Gasteiger partial charge in [0.2, 0.25) is 0 Å². The van der Waals surface area contributed by atoms with Gasteiger partial charge in [-0.1, -0.05) is 0 Å². The van der Waals surface area contributed by atoms with Crippen molar-refractivity contribution in [2.45, 2.75) is 13.0 Å². The number of aromatic nitrogens is 1. The third-order valence-electron chi connectivity index (χ3n) is 1.71. The van der Waals surface area contributed by atoms with E-state index in [1.165, 1.54) is 11.3 Å².